The molecule has 1 amide bonds. The maximum atomic E-state index is 11.9. The van der Waals surface area contributed by atoms with E-state index in [9.17, 15) is 4.79 Å². The van der Waals surface area contributed by atoms with Crippen LogP contribution in [-0.4, -0.2) is 15.5 Å². The van der Waals surface area contributed by atoms with Gasteiger partial charge in [-0.05, 0) is 43.2 Å². The molecule has 0 spiro atoms. The summed E-state index contributed by atoms with van der Waals surface area (Å²) in [6.45, 7) is 4.51. The number of carbonyl (C=O) groups is 1. The standard InChI is InChI=1S/C21H21N3O/c1-16-3-5-18(6-4-16)9-12-21(25)23-15-19-7-10-20(11-8-19)24-14-13-22-17(24)2/h3-14H,15H2,1-2H3,(H,23,25)/b12-9+. The third-order valence-corrected chi connectivity index (χ3v) is 4.01. The summed E-state index contributed by atoms with van der Waals surface area (Å²) in [4.78, 5) is 16.2. The van der Waals surface area contributed by atoms with Gasteiger partial charge in [-0.1, -0.05) is 42.0 Å². The van der Waals surface area contributed by atoms with E-state index in [2.05, 4.69) is 10.3 Å². The van der Waals surface area contributed by atoms with E-state index in [4.69, 9.17) is 0 Å². The third-order valence-electron chi connectivity index (χ3n) is 4.01. The molecule has 0 unspecified atom stereocenters. The molecule has 0 saturated carbocycles. The summed E-state index contributed by atoms with van der Waals surface area (Å²) in [5.41, 5.74) is 4.33. The van der Waals surface area contributed by atoms with E-state index in [1.54, 1.807) is 12.3 Å². The van der Waals surface area contributed by atoms with Crippen molar-refractivity contribution >= 4 is 12.0 Å². The Bertz CT molecular complexity index is 874. The Morgan fingerprint density at radius 3 is 2.44 bits per heavy atom. The van der Waals surface area contributed by atoms with Gasteiger partial charge in [-0.2, -0.15) is 0 Å². The highest BCUT2D eigenvalue weighted by Gasteiger charge is 2.01. The Morgan fingerprint density at radius 2 is 1.80 bits per heavy atom. The van der Waals surface area contributed by atoms with Crippen LogP contribution in [0, 0.1) is 13.8 Å². The lowest BCUT2D eigenvalue weighted by atomic mass is 10.1. The van der Waals surface area contributed by atoms with Gasteiger partial charge in [0.2, 0.25) is 5.91 Å². The molecule has 0 aliphatic rings. The highest BCUT2D eigenvalue weighted by atomic mass is 16.1. The van der Waals surface area contributed by atoms with E-state index < -0.39 is 0 Å². The molecule has 126 valence electrons. The lowest BCUT2D eigenvalue weighted by Crippen LogP contribution is -2.20. The van der Waals surface area contributed by atoms with E-state index in [0.717, 1.165) is 22.6 Å². The van der Waals surface area contributed by atoms with E-state index in [0.29, 0.717) is 6.54 Å². The number of benzene rings is 2. The van der Waals surface area contributed by atoms with Crippen molar-refractivity contribution < 1.29 is 4.79 Å². The number of hydrogen-bond donors (Lipinski definition) is 1. The largest absolute Gasteiger partial charge is 0.348 e. The van der Waals surface area contributed by atoms with Crippen LogP contribution in [-0.2, 0) is 11.3 Å². The summed E-state index contributed by atoms with van der Waals surface area (Å²) in [7, 11) is 0. The second-order valence-corrected chi connectivity index (χ2v) is 5.97. The molecule has 0 aliphatic carbocycles. The highest BCUT2D eigenvalue weighted by Crippen LogP contribution is 2.11. The molecule has 1 N–H and O–H groups in total. The van der Waals surface area contributed by atoms with Gasteiger partial charge in [0.1, 0.15) is 5.82 Å². The Hall–Kier alpha value is -3.14. The zero-order valence-corrected chi connectivity index (χ0v) is 14.4. The van der Waals surface area contributed by atoms with Crippen molar-refractivity contribution in [2.24, 2.45) is 0 Å². The van der Waals surface area contributed by atoms with Crippen LogP contribution in [0.5, 0.6) is 0 Å². The summed E-state index contributed by atoms with van der Waals surface area (Å²) in [5, 5.41) is 2.90. The van der Waals surface area contributed by atoms with Gasteiger partial charge in [0.25, 0.3) is 0 Å². The number of amides is 1. The smallest absolute Gasteiger partial charge is 0.244 e. The molecule has 4 nitrogen and oxygen atoms in total. The fraction of sp³-hybridized carbons (Fsp3) is 0.143. The average molecular weight is 331 g/mol. The molecule has 0 fully saturated rings. The van der Waals surface area contributed by atoms with Crippen LogP contribution in [0.1, 0.15) is 22.5 Å². The van der Waals surface area contributed by atoms with Gasteiger partial charge in [0.05, 0.1) is 0 Å². The van der Waals surface area contributed by atoms with Crippen LogP contribution in [0.4, 0.5) is 0 Å². The first-order chi connectivity index (χ1) is 12.1. The number of imidazole rings is 1. The first-order valence-electron chi connectivity index (χ1n) is 8.24. The Morgan fingerprint density at radius 1 is 1.08 bits per heavy atom. The van der Waals surface area contributed by atoms with Gasteiger partial charge in [-0.3, -0.25) is 4.79 Å². The van der Waals surface area contributed by atoms with Crippen molar-refractivity contribution in [1.29, 1.82) is 0 Å². The first kappa shape index (κ1) is 16.7. The van der Waals surface area contributed by atoms with Crippen LogP contribution in [0.25, 0.3) is 11.8 Å². The monoisotopic (exact) mass is 331 g/mol. The maximum Gasteiger partial charge on any atom is 0.244 e. The molecule has 1 heterocycles. The predicted octanol–water partition coefficient (Wildman–Crippen LogP) is 3.82. The second kappa shape index (κ2) is 7.62. The molecule has 0 aliphatic heterocycles. The molecule has 25 heavy (non-hydrogen) atoms. The van der Waals surface area contributed by atoms with E-state index in [-0.39, 0.29) is 5.91 Å². The molecule has 3 aromatic rings. The van der Waals surface area contributed by atoms with Gasteiger partial charge in [-0.25, -0.2) is 4.98 Å². The van der Waals surface area contributed by atoms with Gasteiger partial charge >= 0.3 is 0 Å². The van der Waals surface area contributed by atoms with Gasteiger partial charge < -0.3 is 9.88 Å². The number of nitrogens with one attached hydrogen (secondary N) is 1. The number of carbonyl (C=O) groups excluding carboxylic acids is 1. The number of nitrogens with zero attached hydrogens (tertiary/aromatic N) is 2. The van der Waals surface area contributed by atoms with Crippen molar-refractivity contribution in [1.82, 2.24) is 14.9 Å². The maximum absolute atomic E-state index is 11.9. The SMILES string of the molecule is Cc1ccc(/C=C/C(=O)NCc2ccc(-n3ccnc3C)cc2)cc1. The normalized spacial score (nSPS) is 11.0. The quantitative estimate of drug-likeness (QED) is 0.723. The minimum Gasteiger partial charge on any atom is -0.348 e. The van der Waals surface area contributed by atoms with Crippen molar-refractivity contribution in [2.45, 2.75) is 20.4 Å². The van der Waals surface area contributed by atoms with Gasteiger partial charge in [-0.15, -0.1) is 0 Å². The van der Waals surface area contributed by atoms with Crippen molar-refractivity contribution in [3.8, 4) is 5.69 Å². The summed E-state index contributed by atoms with van der Waals surface area (Å²) in [6, 6.07) is 16.1. The first-order valence-corrected chi connectivity index (χ1v) is 8.24. The number of rotatable bonds is 5. The molecule has 0 bridgehead atoms. The summed E-state index contributed by atoms with van der Waals surface area (Å²) in [6.07, 6.45) is 7.10. The number of aryl methyl sites for hydroxylation is 2. The minimum atomic E-state index is -0.102. The third kappa shape index (κ3) is 4.44. The zero-order chi connectivity index (χ0) is 17.6. The molecule has 0 radical (unpaired) electrons. The van der Waals surface area contributed by atoms with Gasteiger partial charge in [0.15, 0.2) is 0 Å². The molecule has 2 aromatic carbocycles. The predicted molar refractivity (Wildman–Crippen MR) is 100 cm³/mol. The zero-order valence-electron chi connectivity index (χ0n) is 14.4. The number of hydrogen-bond acceptors (Lipinski definition) is 2. The summed E-state index contributed by atoms with van der Waals surface area (Å²) >= 11 is 0. The van der Waals surface area contributed by atoms with E-state index in [1.165, 1.54) is 5.56 Å². The lowest BCUT2D eigenvalue weighted by molar-refractivity contribution is -0.116. The Balaban J connectivity index is 1.55. The van der Waals surface area contributed by atoms with Crippen molar-refractivity contribution in [3.05, 3.63) is 89.5 Å². The molecule has 0 saturated heterocycles. The molecule has 0 atom stereocenters. The van der Waals surface area contributed by atoms with Crippen LogP contribution in [0.2, 0.25) is 0 Å². The fourth-order valence-corrected chi connectivity index (χ4v) is 2.52. The van der Waals surface area contributed by atoms with Crippen LogP contribution < -0.4 is 5.32 Å². The summed E-state index contributed by atoms with van der Waals surface area (Å²) < 4.78 is 2.02. The van der Waals surface area contributed by atoms with Crippen LogP contribution >= 0.6 is 0 Å². The van der Waals surface area contributed by atoms with Crippen LogP contribution in [0.15, 0.2) is 67.0 Å². The van der Waals surface area contributed by atoms with E-state index in [1.807, 2.05) is 79.2 Å². The molecular weight excluding hydrogens is 310 g/mol. The molecule has 3 rings (SSSR count). The number of aromatic nitrogens is 2. The molecular formula is C21H21N3O. The van der Waals surface area contributed by atoms with Crippen molar-refractivity contribution in [3.63, 3.8) is 0 Å². The van der Waals surface area contributed by atoms with Crippen molar-refractivity contribution in [2.75, 3.05) is 0 Å². The van der Waals surface area contributed by atoms with Gasteiger partial charge in [0, 0.05) is 30.7 Å². The fourth-order valence-electron chi connectivity index (χ4n) is 2.52. The Labute approximate surface area is 147 Å². The molecule has 1 aromatic heterocycles. The Kier molecular flexibility index (Phi) is 5.09. The topological polar surface area (TPSA) is 46.9 Å². The molecule has 4 heteroatoms. The highest BCUT2D eigenvalue weighted by molar-refractivity contribution is 5.91. The van der Waals surface area contributed by atoms with Crippen LogP contribution in [0.3, 0.4) is 0 Å². The summed E-state index contributed by atoms with van der Waals surface area (Å²) in [5.74, 6) is 0.845. The average Bonchev–Trinajstić information content (AvgIpc) is 3.06. The van der Waals surface area contributed by atoms with E-state index >= 15 is 0 Å². The lowest BCUT2D eigenvalue weighted by Gasteiger charge is -2.07. The second-order valence-electron chi connectivity index (χ2n) is 5.97. The minimum absolute atomic E-state index is 0.102.